The first-order valence-corrected chi connectivity index (χ1v) is 16.5. The van der Waals surface area contributed by atoms with E-state index in [1.807, 2.05) is 48.5 Å². The summed E-state index contributed by atoms with van der Waals surface area (Å²) in [5.41, 5.74) is 6.59. The third-order valence-corrected chi connectivity index (χ3v) is 9.48. The van der Waals surface area contributed by atoms with Gasteiger partial charge in [0, 0.05) is 22.3 Å². The van der Waals surface area contributed by atoms with Gasteiger partial charge in [-0.05, 0) is 64.4 Å². The monoisotopic (exact) mass is 640 g/mol. The molecule has 5 heteroatoms. The van der Waals surface area contributed by atoms with Gasteiger partial charge in [-0.3, -0.25) is 0 Å². The SMILES string of the molecule is N#Cc1ccc(-c2nc(-c3ccccc3)nc(-c3cccc4c3Oc3cc5ccccc5cc3C4(c3ccccc3)c3ccccc3)n2)cc1. The molecular weight excluding hydrogens is 613 g/mol. The van der Waals surface area contributed by atoms with Crippen molar-refractivity contribution in [3.8, 4) is 51.7 Å². The van der Waals surface area contributed by atoms with Gasteiger partial charge in [0.15, 0.2) is 17.5 Å². The van der Waals surface area contributed by atoms with Gasteiger partial charge in [0.25, 0.3) is 0 Å². The molecule has 0 amide bonds. The summed E-state index contributed by atoms with van der Waals surface area (Å²) in [6, 6.07) is 59.8. The van der Waals surface area contributed by atoms with Gasteiger partial charge in [-0.25, -0.2) is 15.0 Å². The van der Waals surface area contributed by atoms with E-state index in [0.29, 0.717) is 28.8 Å². The highest BCUT2D eigenvalue weighted by molar-refractivity contribution is 5.89. The molecule has 1 aromatic heterocycles. The van der Waals surface area contributed by atoms with Gasteiger partial charge >= 0.3 is 0 Å². The molecule has 0 N–H and O–H groups in total. The Morgan fingerprint density at radius 2 is 1.02 bits per heavy atom. The largest absolute Gasteiger partial charge is 0.456 e. The van der Waals surface area contributed by atoms with Crippen molar-refractivity contribution in [2.45, 2.75) is 5.41 Å². The first-order chi connectivity index (χ1) is 24.7. The summed E-state index contributed by atoms with van der Waals surface area (Å²) in [6.07, 6.45) is 0. The number of para-hydroxylation sites is 1. The Hall–Kier alpha value is -6.90. The lowest BCUT2D eigenvalue weighted by Crippen LogP contribution is -2.34. The fourth-order valence-electron chi connectivity index (χ4n) is 7.17. The summed E-state index contributed by atoms with van der Waals surface area (Å²) in [5, 5.41) is 11.7. The molecule has 0 unspecified atom stereocenters. The molecule has 5 nitrogen and oxygen atoms in total. The van der Waals surface area contributed by atoms with Crippen LogP contribution in [0.15, 0.2) is 170 Å². The van der Waals surface area contributed by atoms with Crippen molar-refractivity contribution < 1.29 is 4.74 Å². The minimum atomic E-state index is -0.712. The van der Waals surface area contributed by atoms with Crippen molar-refractivity contribution in [1.82, 2.24) is 15.0 Å². The van der Waals surface area contributed by atoms with Gasteiger partial charge < -0.3 is 4.74 Å². The number of hydrogen-bond acceptors (Lipinski definition) is 5. The van der Waals surface area contributed by atoms with E-state index < -0.39 is 5.41 Å². The van der Waals surface area contributed by atoms with Gasteiger partial charge in [-0.2, -0.15) is 5.26 Å². The first kappa shape index (κ1) is 29.3. The van der Waals surface area contributed by atoms with Crippen molar-refractivity contribution in [2.24, 2.45) is 0 Å². The summed E-state index contributed by atoms with van der Waals surface area (Å²) in [7, 11) is 0. The van der Waals surface area contributed by atoms with E-state index in [1.165, 1.54) is 0 Å². The Labute approximate surface area is 289 Å². The zero-order valence-electron chi connectivity index (χ0n) is 26.9. The molecule has 8 aromatic rings. The molecule has 1 aliphatic rings. The van der Waals surface area contributed by atoms with E-state index in [4.69, 9.17) is 19.7 Å². The Morgan fingerprint density at radius 3 is 1.64 bits per heavy atom. The Kier molecular flexibility index (Phi) is 7.00. The molecule has 2 heterocycles. The highest BCUT2D eigenvalue weighted by Gasteiger charge is 2.46. The predicted octanol–water partition coefficient (Wildman–Crippen LogP) is 10.4. The van der Waals surface area contributed by atoms with E-state index in [2.05, 4.69) is 115 Å². The second kappa shape index (κ2) is 12.0. The molecule has 50 heavy (non-hydrogen) atoms. The number of nitrogens with zero attached hydrogens (tertiary/aromatic N) is 4. The molecule has 9 rings (SSSR count). The number of hydrogen-bond donors (Lipinski definition) is 0. The maximum Gasteiger partial charge on any atom is 0.167 e. The van der Waals surface area contributed by atoms with Crippen LogP contribution in [-0.2, 0) is 5.41 Å². The molecule has 0 bridgehead atoms. The van der Waals surface area contributed by atoms with E-state index in [-0.39, 0.29) is 0 Å². The lowest BCUT2D eigenvalue weighted by Gasteiger charge is -2.42. The van der Waals surface area contributed by atoms with Crippen LogP contribution >= 0.6 is 0 Å². The maximum atomic E-state index is 9.43. The van der Waals surface area contributed by atoms with Crippen LogP contribution in [0.1, 0.15) is 27.8 Å². The van der Waals surface area contributed by atoms with Crippen molar-refractivity contribution in [1.29, 1.82) is 5.26 Å². The number of aromatic nitrogens is 3. The highest BCUT2D eigenvalue weighted by atomic mass is 16.5. The highest BCUT2D eigenvalue weighted by Crippen LogP contribution is 2.57. The van der Waals surface area contributed by atoms with Gasteiger partial charge in [-0.1, -0.05) is 127 Å². The normalized spacial score (nSPS) is 12.7. The molecular formula is C45H28N4O. The number of fused-ring (bicyclic) bond motifs is 3. The van der Waals surface area contributed by atoms with E-state index >= 15 is 0 Å². The van der Waals surface area contributed by atoms with E-state index in [9.17, 15) is 5.26 Å². The van der Waals surface area contributed by atoms with Crippen LogP contribution in [0.2, 0.25) is 0 Å². The average Bonchev–Trinajstić information content (AvgIpc) is 3.20. The molecule has 0 fully saturated rings. The molecule has 0 aliphatic carbocycles. The van der Waals surface area contributed by atoms with Crippen LogP contribution in [0.25, 0.3) is 44.9 Å². The summed E-state index contributed by atoms with van der Waals surface area (Å²) in [6.45, 7) is 0. The summed E-state index contributed by atoms with van der Waals surface area (Å²) in [5.74, 6) is 3.02. The second-order valence-corrected chi connectivity index (χ2v) is 12.3. The molecule has 0 saturated carbocycles. The zero-order valence-corrected chi connectivity index (χ0v) is 26.9. The van der Waals surface area contributed by atoms with E-state index in [1.54, 1.807) is 12.1 Å². The number of rotatable bonds is 5. The minimum Gasteiger partial charge on any atom is -0.456 e. The molecule has 0 spiro atoms. The lowest BCUT2D eigenvalue weighted by molar-refractivity contribution is 0.437. The van der Waals surface area contributed by atoms with Gasteiger partial charge in [-0.15, -0.1) is 0 Å². The zero-order chi connectivity index (χ0) is 33.5. The number of ether oxygens (including phenoxy) is 1. The summed E-state index contributed by atoms with van der Waals surface area (Å²) < 4.78 is 7.05. The summed E-state index contributed by atoms with van der Waals surface area (Å²) >= 11 is 0. The Balaban J connectivity index is 1.36. The van der Waals surface area contributed by atoms with Crippen LogP contribution in [0.3, 0.4) is 0 Å². The molecule has 0 saturated heterocycles. The molecule has 0 atom stereocenters. The predicted molar refractivity (Wildman–Crippen MR) is 197 cm³/mol. The third kappa shape index (κ3) is 4.74. The van der Waals surface area contributed by atoms with Crippen LogP contribution in [0, 0.1) is 11.3 Å². The lowest BCUT2D eigenvalue weighted by atomic mass is 9.63. The van der Waals surface area contributed by atoms with Crippen LogP contribution < -0.4 is 4.74 Å². The van der Waals surface area contributed by atoms with Crippen molar-refractivity contribution in [3.05, 3.63) is 198 Å². The van der Waals surface area contributed by atoms with Crippen molar-refractivity contribution in [3.63, 3.8) is 0 Å². The molecule has 0 radical (unpaired) electrons. The number of benzene rings is 7. The van der Waals surface area contributed by atoms with Crippen LogP contribution in [0.5, 0.6) is 11.5 Å². The Morgan fingerprint density at radius 1 is 0.480 bits per heavy atom. The Bertz CT molecular complexity index is 2520. The number of nitriles is 1. The van der Waals surface area contributed by atoms with Gasteiger partial charge in [0.1, 0.15) is 11.5 Å². The second-order valence-electron chi connectivity index (χ2n) is 12.3. The minimum absolute atomic E-state index is 0.495. The van der Waals surface area contributed by atoms with Crippen molar-refractivity contribution >= 4 is 10.8 Å². The fourth-order valence-corrected chi connectivity index (χ4v) is 7.17. The summed E-state index contributed by atoms with van der Waals surface area (Å²) in [4.78, 5) is 15.1. The molecule has 234 valence electrons. The first-order valence-electron chi connectivity index (χ1n) is 16.5. The smallest absolute Gasteiger partial charge is 0.167 e. The topological polar surface area (TPSA) is 71.7 Å². The standard InChI is InChI=1S/C45H28N4O/c46-29-30-23-25-32(26-24-30)43-47-42(31-13-4-1-5-14-31)48-44(49-43)37-21-12-22-38-41(37)50-40-28-34-16-11-10-15-33(34)27-39(40)45(38,35-17-6-2-7-18-35)36-19-8-3-9-20-36/h1-28H. The van der Waals surface area contributed by atoms with Gasteiger partial charge in [0.2, 0.25) is 0 Å². The van der Waals surface area contributed by atoms with E-state index in [0.717, 1.165) is 55.5 Å². The maximum absolute atomic E-state index is 9.43. The van der Waals surface area contributed by atoms with Crippen LogP contribution in [0.4, 0.5) is 0 Å². The third-order valence-electron chi connectivity index (χ3n) is 9.48. The fraction of sp³-hybridized carbons (Fsp3) is 0.0222. The van der Waals surface area contributed by atoms with Crippen molar-refractivity contribution in [2.75, 3.05) is 0 Å². The molecule has 7 aromatic carbocycles. The van der Waals surface area contributed by atoms with Gasteiger partial charge in [0.05, 0.1) is 22.6 Å². The quantitative estimate of drug-likeness (QED) is 0.187. The average molecular weight is 641 g/mol. The van der Waals surface area contributed by atoms with Crippen LogP contribution in [-0.4, -0.2) is 15.0 Å². The molecule has 1 aliphatic heterocycles.